The van der Waals surface area contributed by atoms with Gasteiger partial charge in [-0.15, -0.1) is 13.2 Å². The Morgan fingerprint density at radius 2 is 1.76 bits per heavy atom. The third-order valence-corrected chi connectivity index (χ3v) is 8.68. The maximum absolute atomic E-state index is 14.8. The van der Waals surface area contributed by atoms with Gasteiger partial charge in [0, 0.05) is 41.1 Å². The molecule has 0 bridgehead atoms. The van der Waals surface area contributed by atoms with E-state index in [4.69, 9.17) is 25.8 Å². The van der Waals surface area contributed by atoms with E-state index in [1.807, 2.05) is 45.0 Å². The van der Waals surface area contributed by atoms with Crippen LogP contribution in [0.25, 0.3) is 0 Å². The first-order valence-electron chi connectivity index (χ1n) is 15.4. The van der Waals surface area contributed by atoms with Crippen molar-refractivity contribution < 1.29 is 28.6 Å². The highest BCUT2D eigenvalue weighted by molar-refractivity contribution is 6.30. The molecular weight excluding hydrogens is 594 g/mol. The van der Waals surface area contributed by atoms with Gasteiger partial charge in [-0.2, -0.15) is 0 Å². The predicted molar refractivity (Wildman–Crippen MR) is 173 cm³/mol. The molecule has 1 aliphatic carbocycles. The zero-order chi connectivity index (χ0) is 32.5. The van der Waals surface area contributed by atoms with Gasteiger partial charge in [-0.1, -0.05) is 56.7 Å². The summed E-state index contributed by atoms with van der Waals surface area (Å²) in [4.78, 5) is 47.5. The van der Waals surface area contributed by atoms with Crippen molar-refractivity contribution in [3.05, 3.63) is 77.9 Å². The van der Waals surface area contributed by atoms with E-state index in [1.54, 1.807) is 45.9 Å². The number of halogens is 1. The van der Waals surface area contributed by atoms with Crippen LogP contribution in [-0.4, -0.2) is 66.2 Å². The number of carbonyl (C=O) groups excluding carboxylic acids is 3. The van der Waals surface area contributed by atoms with Crippen molar-refractivity contribution in [1.82, 2.24) is 9.80 Å². The van der Waals surface area contributed by atoms with Gasteiger partial charge in [-0.05, 0) is 43.5 Å². The maximum atomic E-state index is 14.8. The zero-order valence-electron chi connectivity index (χ0n) is 26.5. The highest BCUT2D eigenvalue weighted by Crippen LogP contribution is 2.51. The fourth-order valence-electron chi connectivity index (χ4n) is 5.97. The molecule has 240 valence electrons. The van der Waals surface area contributed by atoms with E-state index in [9.17, 15) is 14.4 Å². The number of carbonyl (C=O) groups is 3. The van der Waals surface area contributed by atoms with E-state index in [-0.39, 0.29) is 56.7 Å². The minimum atomic E-state index is -0.789. The summed E-state index contributed by atoms with van der Waals surface area (Å²) in [7, 11) is 0. The number of nitrogens with zero attached hydrogens (tertiary/aromatic N) is 3. The van der Waals surface area contributed by atoms with Gasteiger partial charge in [0.25, 0.3) is 0 Å². The first kappa shape index (κ1) is 32.6. The molecule has 1 fully saturated rings. The quantitative estimate of drug-likeness (QED) is 0.213. The number of benzene rings is 2. The summed E-state index contributed by atoms with van der Waals surface area (Å²) >= 11 is 6.22. The molecular formula is C35H42ClN3O6. The molecule has 3 atom stereocenters. The molecule has 2 aromatic rings. The highest BCUT2D eigenvalue weighted by atomic mass is 35.5. The Morgan fingerprint density at radius 3 is 2.36 bits per heavy atom. The fourth-order valence-corrected chi connectivity index (χ4v) is 6.10. The van der Waals surface area contributed by atoms with Crippen LogP contribution in [0.3, 0.4) is 0 Å². The standard InChI is InChI=1S/C35H42ClN3O6/c1-7-15-37(33(41)24-11-12-24)22(3)32(40)38(19-23-9-13-25(36)14-10-23)31-26-17-29-30(45-21-44-29)18-27(26)39(34(42)35(4,5)6)28(31)20-43-16-8-2/h7-10,13-14,17-18,22,24,28,31H,1-2,11-12,15-16,19-21H2,3-6H3/t22-,28+,31-/m0/s1. The topological polar surface area (TPSA) is 88.6 Å². The maximum Gasteiger partial charge on any atom is 0.245 e. The Kier molecular flexibility index (Phi) is 9.60. The minimum Gasteiger partial charge on any atom is -0.454 e. The molecule has 0 radical (unpaired) electrons. The van der Waals surface area contributed by atoms with E-state index in [0.717, 1.165) is 24.0 Å². The summed E-state index contributed by atoms with van der Waals surface area (Å²) in [6, 6.07) is 8.97. The van der Waals surface area contributed by atoms with Crippen LogP contribution in [0.1, 0.15) is 57.7 Å². The first-order chi connectivity index (χ1) is 21.5. The summed E-state index contributed by atoms with van der Waals surface area (Å²) in [6.45, 7) is 15.9. The monoisotopic (exact) mass is 635 g/mol. The Labute approximate surface area is 270 Å². The van der Waals surface area contributed by atoms with Crippen molar-refractivity contribution in [3.8, 4) is 11.5 Å². The van der Waals surface area contributed by atoms with Crippen molar-refractivity contribution in [3.63, 3.8) is 0 Å². The van der Waals surface area contributed by atoms with Gasteiger partial charge in [0.15, 0.2) is 11.5 Å². The first-order valence-corrected chi connectivity index (χ1v) is 15.8. The average molecular weight is 636 g/mol. The van der Waals surface area contributed by atoms with Crippen LogP contribution in [0.15, 0.2) is 61.7 Å². The van der Waals surface area contributed by atoms with Gasteiger partial charge in [0.2, 0.25) is 24.5 Å². The number of ether oxygens (including phenoxy) is 3. The second-order valence-corrected chi connectivity index (χ2v) is 13.3. The van der Waals surface area contributed by atoms with Crippen molar-refractivity contribution in [1.29, 1.82) is 0 Å². The molecule has 3 aliphatic rings. The second kappa shape index (κ2) is 13.3. The molecule has 0 spiro atoms. The average Bonchev–Trinajstić information content (AvgIpc) is 3.69. The number of fused-ring (bicyclic) bond motifs is 2. The van der Waals surface area contributed by atoms with Gasteiger partial charge in [0.1, 0.15) is 6.04 Å². The lowest BCUT2D eigenvalue weighted by atomic mass is 9.93. The van der Waals surface area contributed by atoms with Crippen molar-refractivity contribution in [2.75, 3.05) is 31.5 Å². The van der Waals surface area contributed by atoms with E-state index < -0.39 is 23.5 Å². The molecule has 0 N–H and O–H groups in total. The largest absolute Gasteiger partial charge is 0.454 e. The van der Waals surface area contributed by atoms with Gasteiger partial charge in [-0.25, -0.2) is 0 Å². The smallest absolute Gasteiger partial charge is 0.245 e. The van der Waals surface area contributed by atoms with Crippen molar-refractivity contribution in [2.45, 2.75) is 65.2 Å². The van der Waals surface area contributed by atoms with Crippen LogP contribution in [0.5, 0.6) is 11.5 Å². The summed E-state index contributed by atoms with van der Waals surface area (Å²) in [5, 5.41) is 0.578. The van der Waals surface area contributed by atoms with Crippen LogP contribution in [0.4, 0.5) is 5.69 Å². The van der Waals surface area contributed by atoms with Gasteiger partial charge in [-0.3, -0.25) is 14.4 Å². The Bertz CT molecular complexity index is 1460. The number of anilines is 1. The van der Waals surface area contributed by atoms with E-state index >= 15 is 0 Å². The molecule has 2 aliphatic heterocycles. The molecule has 10 heteroatoms. The Hall–Kier alpha value is -3.82. The fraction of sp³-hybridized carbons (Fsp3) is 0.457. The third-order valence-electron chi connectivity index (χ3n) is 8.43. The molecule has 1 saturated carbocycles. The van der Waals surface area contributed by atoms with Crippen LogP contribution >= 0.6 is 11.6 Å². The van der Waals surface area contributed by atoms with Crippen molar-refractivity contribution in [2.24, 2.45) is 11.3 Å². The molecule has 0 saturated heterocycles. The van der Waals surface area contributed by atoms with E-state index in [2.05, 4.69) is 13.2 Å². The van der Waals surface area contributed by atoms with Crippen LogP contribution in [0, 0.1) is 11.3 Å². The number of hydrogen-bond acceptors (Lipinski definition) is 6. The van der Waals surface area contributed by atoms with Crippen LogP contribution in [-0.2, 0) is 25.7 Å². The van der Waals surface area contributed by atoms with Gasteiger partial charge in [0.05, 0.1) is 31.0 Å². The van der Waals surface area contributed by atoms with E-state index in [1.165, 1.54) is 0 Å². The normalized spacial score (nSPS) is 19.1. The van der Waals surface area contributed by atoms with E-state index in [0.29, 0.717) is 22.2 Å². The third kappa shape index (κ3) is 6.75. The minimum absolute atomic E-state index is 0.0483. The van der Waals surface area contributed by atoms with Gasteiger partial charge < -0.3 is 28.9 Å². The molecule has 0 unspecified atom stereocenters. The summed E-state index contributed by atoms with van der Waals surface area (Å²) in [6.07, 6.45) is 4.93. The van der Waals surface area contributed by atoms with Crippen LogP contribution < -0.4 is 14.4 Å². The second-order valence-electron chi connectivity index (χ2n) is 12.8. The lowest BCUT2D eigenvalue weighted by molar-refractivity contribution is -0.148. The molecule has 45 heavy (non-hydrogen) atoms. The Balaban J connectivity index is 1.66. The highest BCUT2D eigenvalue weighted by Gasteiger charge is 2.50. The Morgan fingerprint density at radius 1 is 1.09 bits per heavy atom. The number of amides is 3. The summed E-state index contributed by atoms with van der Waals surface area (Å²) in [5.41, 5.74) is 1.48. The van der Waals surface area contributed by atoms with Crippen LogP contribution in [0.2, 0.25) is 5.02 Å². The SMILES string of the molecule is C=CCOC[C@@H]1[C@@H](N(Cc2ccc(Cl)cc2)C(=O)[C@H](C)N(CC=C)C(=O)C2CC2)c2cc3c(cc2N1C(=O)C(C)(C)C)OCO3. The molecule has 2 aromatic carbocycles. The van der Waals surface area contributed by atoms with Crippen molar-refractivity contribution >= 4 is 35.0 Å². The molecule has 3 amide bonds. The molecule has 0 aromatic heterocycles. The lowest BCUT2D eigenvalue weighted by Gasteiger charge is -2.40. The molecule has 9 nitrogen and oxygen atoms in total. The summed E-state index contributed by atoms with van der Waals surface area (Å²) < 4.78 is 17.5. The zero-order valence-corrected chi connectivity index (χ0v) is 27.2. The molecule has 2 heterocycles. The molecule has 5 rings (SSSR count). The number of rotatable bonds is 12. The predicted octanol–water partition coefficient (Wildman–Crippen LogP) is 5.92. The number of hydrogen-bond donors (Lipinski definition) is 0. The lowest BCUT2D eigenvalue weighted by Crippen LogP contribution is -2.55. The summed E-state index contributed by atoms with van der Waals surface area (Å²) in [5.74, 6) is 0.570. The van der Waals surface area contributed by atoms with Gasteiger partial charge >= 0.3 is 0 Å².